The van der Waals surface area contributed by atoms with Crippen LogP contribution in [0.2, 0.25) is 0 Å². The van der Waals surface area contributed by atoms with Crippen molar-refractivity contribution in [2.75, 3.05) is 57.7 Å². The average Bonchev–Trinajstić information content (AvgIpc) is 3.16. The fraction of sp³-hybridized carbons (Fsp3) is 0.722. The fourth-order valence-corrected chi connectivity index (χ4v) is 4.23. The summed E-state index contributed by atoms with van der Waals surface area (Å²) in [5, 5.41) is 5.33. The van der Waals surface area contributed by atoms with Gasteiger partial charge in [-0.15, -0.1) is 11.3 Å². The van der Waals surface area contributed by atoms with Crippen LogP contribution in [-0.2, 0) is 9.59 Å². The molecule has 26 heavy (non-hydrogen) atoms. The minimum absolute atomic E-state index is 0.0109. The predicted octanol–water partition coefficient (Wildman–Crippen LogP) is 1.35. The number of carbonyl (C=O) groups is 2. The Morgan fingerprint density at radius 3 is 2.50 bits per heavy atom. The summed E-state index contributed by atoms with van der Waals surface area (Å²) in [5.41, 5.74) is 0. The summed E-state index contributed by atoms with van der Waals surface area (Å²) in [7, 11) is 0. The van der Waals surface area contributed by atoms with Crippen LogP contribution >= 0.6 is 11.3 Å². The lowest BCUT2D eigenvalue weighted by atomic mass is 9.93. The zero-order valence-corrected chi connectivity index (χ0v) is 16.3. The van der Waals surface area contributed by atoms with Gasteiger partial charge in [0.1, 0.15) is 0 Å². The van der Waals surface area contributed by atoms with Crippen LogP contribution in [0.4, 0.5) is 5.13 Å². The predicted molar refractivity (Wildman–Crippen MR) is 103 cm³/mol. The molecule has 0 aromatic carbocycles. The number of rotatable bonds is 6. The molecule has 144 valence electrons. The molecule has 0 bridgehead atoms. The van der Waals surface area contributed by atoms with Crippen molar-refractivity contribution in [3.8, 4) is 0 Å². The maximum atomic E-state index is 12.5. The molecule has 7 nitrogen and oxygen atoms in total. The average molecular weight is 380 g/mol. The minimum atomic E-state index is -0.0109. The number of anilines is 1. The highest BCUT2D eigenvalue weighted by Gasteiger charge is 2.26. The molecular weight excluding hydrogens is 350 g/mol. The number of hydrogen-bond acceptors (Lipinski definition) is 6. The quantitative estimate of drug-likeness (QED) is 0.808. The van der Waals surface area contributed by atoms with Crippen LogP contribution in [-0.4, -0.2) is 83.9 Å². The number of thiazole rings is 1. The Morgan fingerprint density at radius 2 is 1.88 bits per heavy atom. The molecule has 1 N–H and O–H groups in total. The fourth-order valence-electron chi connectivity index (χ4n) is 3.69. The summed E-state index contributed by atoms with van der Waals surface area (Å²) >= 11 is 1.43. The van der Waals surface area contributed by atoms with Gasteiger partial charge in [0.05, 0.1) is 6.54 Å². The molecule has 0 saturated carbocycles. The van der Waals surface area contributed by atoms with Gasteiger partial charge in [0.25, 0.3) is 0 Å². The lowest BCUT2D eigenvalue weighted by molar-refractivity contribution is -0.134. The summed E-state index contributed by atoms with van der Waals surface area (Å²) in [4.78, 5) is 35.2. The first-order valence-electron chi connectivity index (χ1n) is 9.56. The molecule has 2 saturated heterocycles. The number of carbonyl (C=O) groups excluding carboxylic acids is 2. The first kappa shape index (κ1) is 19.3. The molecule has 0 aliphatic carbocycles. The van der Waals surface area contributed by atoms with Crippen molar-refractivity contribution < 1.29 is 9.59 Å². The van der Waals surface area contributed by atoms with Crippen LogP contribution in [0.3, 0.4) is 0 Å². The van der Waals surface area contributed by atoms with Crippen molar-refractivity contribution in [1.82, 2.24) is 19.7 Å². The van der Waals surface area contributed by atoms with Crippen LogP contribution < -0.4 is 5.32 Å². The van der Waals surface area contributed by atoms with Gasteiger partial charge in [-0.05, 0) is 38.4 Å². The Labute approximate surface area is 159 Å². The Hall–Kier alpha value is -1.51. The van der Waals surface area contributed by atoms with Crippen LogP contribution in [0.15, 0.2) is 11.6 Å². The molecule has 0 unspecified atom stereocenters. The molecule has 0 atom stereocenters. The maximum absolute atomic E-state index is 12.5. The standard InChI is InChI=1S/C18H29N5O2S/c1-2-21-8-10-23(11-9-21)17(25)13-15-3-6-22(7-4-15)14-16(24)20-18-19-5-12-26-18/h5,12,15H,2-4,6-11,13-14H2,1H3,(H,19,20,24). The van der Waals surface area contributed by atoms with E-state index in [1.807, 2.05) is 10.3 Å². The third-order valence-corrected chi connectivity index (χ3v) is 6.08. The zero-order chi connectivity index (χ0) is 18.4. The minimum Gasteiger partial charge on any atom is -0.340 e. The molecule has 1 aromatic heterocycles. The molecule has 1 aromatic rings. The highest BCUT2D eigenvalue weighted by molar-refractivity contribution is 7.13. The second-order valence-corrected chi connectivity index (χ2v) is 8.02. The van der Waals surface area contributed by atoms with E-state index in [0.29, 0.717) is 29.9 Å². The van der Waals surface area contributed by atoms with Gasteiger partial charge in [-0.25, -0.2) is 4.98 Å². The lowest BCUT2D eigenvalue weighted by Gasteiger charge is -2.36. The smallest absolute Gasteiger partial charge is 0.240 e. The highest BCUT2D eigenvalue weighted by Crippen LogP contribution is 2.22. The van der Waals surface area contributed by atoms with Crippen molar-refractivity contribution in [1.29, 1.82) is 0 Å². The van der Waals surface area contributed by atoms with Crippen molar-refractivity contribution in [3.05, 3.63) is 11.6 Å². The number of amides is 2. The number of aromatic nitrogens is 1. The van der Waals surface area contributed by atoms with E-state index < -0.39 is 0 Å². The second-order valence-electron chi connectivity index (χ2n) is 7.12. The number of hydrogen-bond donors (Lipinski definition) is 1. The molecule has 2 aliphatic heterocycles. The van der Waals surface area contributed by atoms with Crippen molar-refractivity contribution in [2.45, 2.75) is 26.2 Å². The number of piperidine rings is 1. The van der Waals surface area contributed by atoms with E-state index in [4.69, 9.17) is 0 Å². The first-order chi connectivity index (χ1) is 12.6. The van der Waals surface area contributed by atoms with Gasteiger partial charge in [0.15, 0.2) is 5.13 Å². The molecule has 2 fully saturated rings. The first-order valence-corrected chi connectivity index (χ1v) is 10.4. The molecule has 2 amide bonds. The van der Waals surface area contributed by atoms with Crippen LogP contribution in [0.1, 0.15) is 26.2 Å². The molecular formula is C18H29N5O2S. The van der Waals surface area contributed by atoms with Gasteiger partial charge >= 0.3 is 0 Å². The molecule has 3 heterocycles. The topological polar surface area (TPSA) is 68.8 Å². The number of nitrogens with one attached hydrogen (secondary N) is 1. The van der Waals surface area contributed by atoms with E-state index in [1.54, 1.807) is 6.20 Å². The number of piperazine rings is 1. The normalized spacial score (nSPS) is 20.3. The van der Waals surface area contributed by atoms with Crippen LogP contribution in [0.25, 0.3) is 0 Å². The Bertz CT molecular complexity index is 578. The third kappa shape index (κ3) is 5.49. The van der Waals surface area contributed by atoms with Gasteiger partial charge < -0.3 is 15.1 Å². The number of likely N-dealkylation sites (N-methyl/N-ethyl adjacent to an activating group) is 1. The number of likely N-dealkylation sites (tertiary alicyclic amines) is 1. The Morgan fingerprint density at radius 1 is 1.15 bits per heavy atom. The van der Waals surface area contributed by atoms with Crippen molar-refractivity contribution >= 4 is 28.3 Å². The summed E-state index contributed by atoms with van der Waals surface area (Å²) < 4.78 is 0. The van der Waals surface area contributed by atoms with E-state index in [9.17, 15) is 9.59 Å². The van der Waals surface area contributed by atoms with Crippen LogP contribution in [0.5, 0.6) is 0 Å². The second kappa shape index (κ2) is 9.43. The summed E-state index contributed by atoms with van der Waals surface area (Å²) in [6.45, 7) is 9.12. The van der Waals surface area contributed by atoms with Gasteiger partial charge in [-0.3, -0.25) is 14.5 Å². The third-order valence-electron chi connectivity index (χ3n) is 5.39. The lowest BCUT2D eigenvalue weighted by Crippen LogP contribution is -2.49. The van der Waals surface area contributed by atoms with E-state index in [2.05, 4.69) is 27.0 Å². The van der Waals surface area contributed by atoms with Gasteiger partial charge in [-0.1, -0.05) is 6.92 Å². The van der Waals surface area contributed by atoms with Crippen molar-refractivity contribution in [3.63, 3.8) is 0 Å². The van der Waals surface area contributed by atoms with E-state index in [-0.39, 0.29) is 5.91 Å². The van der Waals surface area contributed by atoms with E-state index in [1.165, 1.54) is 11.3 Å². The Balaban J connectivity index is 1.34. The van der Waals surface area contributed by atoms with Crippen molar-refractivity contribution in [2.24, 2.45) is 5.92 Å². The van der Waals surface area contributed by atoms with E-state index >= 15 is 0 Å². The molecule has 3 rings (SSSR count). The summed E-state index contributed by atoms with van der Waals surface area (Å²) in [5.74, 6) is 0.744. The van der Waals surface area contributed by atoms with Gasteiger partial charge in [0.2, 0.25) is 11.8 Å². The maximum Gasteiger partial charge on any atom is 0.240 e. The Kier molecular flexibility index (Phi) is 6.99. The van der Waals surface area contributed by atoms with Crippen LogP contribution in [0, 0.1) is 5.92 Å². The highest BCUT2D eigenvalue weighted by atomic mass is 32.1. The summed E-state index contributed by atoms with van der Waals surface area (Å²) in [6, 6.07) is 0. The molecule has 0 radical (unpaired) electrons. The molecule has 2 aliphatic rings. The number of nitrogens with zero attached hydrogens (tertiary/aromatic N) is 4. The molecule has 8 heteroatoms. The molecule has 0 spiro atoms. The largest absolute Gasteiger partial charge is 0.340 e. The van der Waals surface area contributed by atoms with E-state index in [0.717, 1.165) is 58.7 Å². The van der Waals surface area contributed by atoms with Gasteiger partial charge in [0, 0.05) is 44.2 Å². The summed E-state index contributed by atoms with van der Waals surface area (Å²) in [6.07, 6.45) is 4.33. The van der Waals surface area contributed by atoms with Gasteiger partial charge in [-0.2, -0.15) is 0 Å². The SMILES string of the molecule is CCN1CCN(C(=O)CC2CCN(CC(=O)Nc3nccs3)CC2)CC1. The monoisotopic (exact) mass is 379 g/mol. The zero-order valence-electron chi connectivity index (χ0n) is 15.5.